The van der Waals surface area contributed by atoms with Gasteiger partial charge in [0.25, 0.3) is 0 Å². The average Bonchev–Trinajstić information content (AvgIpc) is 3.07. The third-order valence-electron chi connectivity index (χ3n) is 3.07. The molecule has 0 spiro atoms. The number of hydrogen-bond donors (Lipinski definition) is 2. The maximum Gasteiger partial charge on any atom is 0.189 e. The van der Waals surface area contributed by atoms with E-state index in [0.29, 0.717) is 18.5 Å². The first-order valence-corrected chi connectivity index (χ1v) is 6.47. The fraction of sp³-hybridized carbons (Fsp3) is 0.286. The molecule has 2 aromatic rings. The van der Waals surface area contributed by atoms with E-state index in [-0.39, 0.29) is 0 Å². The molecule has 1 aliphatic carbocycles. The molecule has 1 saturated carbocycles. The number of aliphatic imine (C=N–C) groups is 1. The van der Waals surface area contributed by atoms with E-state index >= 15 is 0 Å². The number of benzene rings is 1. The van der Waals surface area contributed by atoms with Crippen LogP contribution in [-0.4, -0.2) is 21.8 Å². The minimum atomic E-state index is 0.540. The van der Waals surface area contributed by atoms with Crippen molar-refractivity contribution in [3.8, 4) is 5.69 Å². The summed E-state index contributed by atoms with van der Waals surface area (Å²) >= 11 is 0. The molecule has 0 unspecified atom stereocenters. The van der Waals surface area contributed by atoms with Crippen LogP contribution in [0.3, 0.4) is 0 Å². The van der Waals surface area contributed by atoms with Gasteiger partial charge in [-0.3, -0.25) is 0 Å². The lowest BCUT2D eigenvalue weighted by atomic mass is 10.2. The van der Waals surface area contributed by atoms with Crippen LogP contribution in [0.2, 0.25) is 0 Å². The van der Waals surface area contributed by atoms with Gasteiger partial charge in [0, 0.05) is 18.4 Å². The quantitative estimate of drug-likeness (QED) is 0.641. The zero-order chi connectivity index (χ0) is 13.1. The van der Waals surface area contributed by atoms with Gasteiger partial charge in [-0.05, 0) is 36.6 Å². The first-order valence-electron chi connectivity index (χ1n) is 6.47. The molecule has 0 atom stereocenters. The maximum atomic E-state index is 5.79. The molecule has 98 valence electrons. The molecule has 1 heterocycles. The van der Waals surface area contributed by atoms with E-state index in [4.69, 9.17) is 5.73 Å². The highest BCUT2D eigenvalue weighted by atomic mass is 15.3. The van der Waals surface area contributed by atoms with Crippen LogP contribution in [0.5, 0.6) is 0 Å². The molecule has 3 N–H and O–H groups in total. The molecule has 1 aliphatic rings. The van der Waals surface area contributed by atoms with Crippen LogP contribution in [0.1, 0.15) is 18.4 Å². The lowest BCUT2D eigenvalue weighted by Crippen LogP contribution is -2.33. The summed E-state index contributed by atoms with van der Waals surface area (Å²) in [5, 5.41) is 7.36. The molecule has 0 aliphatic heterocycles. The second-order valence-electron chi connectivity index (χ2n) is 4.74. The summed E-state index contributed by atoms with van der Waals surface area (Å²) in [6.45, 7) is 0.602. The Kier molecular flexibility index (Phi) is 3.18. The standard InChI is InChI=1S/C14H17N5/c15-14(18-12-4-5-12)16-10-11-2-6-13(7-3-11)19-9-1-8-17-19/h1-3,6-9,12H,4-5,10H2,(H3,15,16,18). The molecular formula is C14H17N5. The molecule has 1 aromatic heterocycles. The molecular weight excluding hydrogens is 238 g/mol. The van der Waals surface area contributed by atoms with Crippen molar-refractivity contribution in [3.63, 3.8) is 0 Å². The van der Waals surface area contributed by atoms with Gasteiger partial charge in [0.2, 0.25) is 0 Å². The highest BCUT2D eigenvalue weighted by molar-refractivity contribution is 5.78. The molecule has 3 rings (SSSR count). The van der Waals surface area contributed by atoms with E-state index in [0.717, 1.165) is 11.3 Å². The predicted octanol–water partition coefficient (Wildman–Crippen LogP) is 1.44. The van der Waals surface area contributed by atoms with Crippen molar-refractivity contribution in [2.24, 2.45) is 10.7 Å². The highest BCUT2D eigenvalue weighted by Gasteiger charge is 2.21. The molecule has 5 nitrogen and oxygen atoms in total. The second kappa shape index (κ2) is 5.14. The Morgan fingerprint density at radius 2 is 2.16 bits per heavy atom. The zero-order valence-electron chi connectivity index (χ0n) is 10.7. The summed E-state index contributed by atoms with van der Waals surface area (Å²) in [4.78, 5) is 4.33. The number of nitrogens with two attached hydrogens (primary N) is 1. The molecule has 19 heavy (non-hydrogen) atoms. The largest absolute Gasteiger partial charge is 0.370 e. The summed E-state index contributed by atoms with van der Waals surface area (Å²) in [5.41, 5.74) is 7.97. The normalized spacial score (nSPS) is 15.5. The van der Waals surface area contributed by atoms with Crippen LogP contribution in [0.25, 0.3) is 5.69 Å². The Balaban J connectivity index is 1.62. The van der Waals surface area contributed by atoms with E-state index in [1.165, 1.54) is 12.8 Å². The minimum Gasteiger partial charge on any atom is -0.370 e. The van der Waals surface area contributed by atoms with Gasteiger partial charge in [-0.15, -0.1) is 0 Å². The van der Waals surface area contributed by atoms with Gasteiger partial charge in [-0.1, -0.05) is 12.1 Å². The number of nitrogens with one attached hydrogen (secondary N) is 1. The average molecular weight is 255 g/mol. The zero-order valence-corrected chi connectivity index (χ0v) is 10.7. The van der Waals surface area contributed by atoms with Crippen molar-refractivity contribution >= 4 is 5.96 Å². The summed E-state index contributed by atoms with van der Waals surface area (Å²) in [6.07, 6.45) is 6.09. The summed E-state index contributed by atoms with van der Waals surface area (Å²) in [7, 11) is 0. The first kappa shape index (κ1) is 11.8. The van der Waals surface area contributed by atoms with Gasteiger partial charge >= 0.3 is 0 Å². The fourth-order valence-electron chi connectivity index (χ4n) is 1.83. The lowest BCUT2D eigenvalue weighted by Gasteiger charge is -2.04. The number of hydrogen-bond acceptors (Lipinski definition) is 2. The van der Waals surface area contributed by atoms with Gasteiger partial charge < -0.3 is 11.1 Å². The summed E-state index contributed by atoms with van der Waals surface area (Å²) < 4.78 is 1.83. The molecule has 1 aromatic carbocycles. The Labute approximate surface area is 112 Å². The third kappa shape index (κ3) is 3.13. The van der Waals surface area contributed by atoms with Crippen LogP contribution >= 0.6 is 0 Å². The monoisotopic (exact) mass is 255 g/mol. The minimum absolute atomic E-state index is 0.540. The van der Waals surface area contributed by atoms with Crippen molar-refractivity contribution in [1.29, 1.82) is 0 Å². The molecule has 0 saturated heterocycles. The van der Waals surface area contributed by atoms with Crippen LogP contribution in [0.4, 0.5) is 0 Å². The van der Waals surface area contributed by atoms with E-state index in [1.54, 1.807) is 6.20 Å². The number of guanidine groups is 1. The SMILES string of the molecule is NC(=NCc1ccc(-n2cccn2)cc1)NC1CC1. The molecule has 0 bridgehead atoms. The molecule has 5 heteroatoms. The summed E-state index contributed by atoms with van der Waals surface area (Å²) in [6, 6.07) is 10.6. The van der Waals surface area contributed by atoms with E-state index in [1.807, 2.05) is 41.2 Å². The Bertz CT molecular complexity index is 552. The van der Waals surface area contributed by atoms with Gasteiger partial charge in [0.05, 0.1) is 12.2 Å². The van der Waals surface area contributed by atoms with E-state index < -0.39 is 0 Å². The van der Waals surface area contributed by atoms with Gasteiger partial charge in [-0.2, -0.15) is 5.10 Å². The van der Waals surface area contributed by atoms with Crippen molar-refractivity contribution in [2.45, 2.75) is 25.4 Å². The molecule has 0 radical (unpaired) electrons. The topological polar surface area (TPSA) is 68.2 Å². The van der Waals surface area contributed by atoms with Crippen molar-refractivity contribution in [3.05, 3.63) is 48.3 Å². The fourth-order valence-corrected chi connectivity index (χ4v) is 1.83. The Morgan fingerprint density at radius 3 is 2.79 bits per heavy atom. The lowest BCUT2D eigenvalue weighted by molar-refractivity contribution is 0.872. The van der Waals surface area contributed by atoms with E-state index in [2.05, 4.69) is 15.4 Å². The van der Waals surface area contributed by atoms with Crippen LogP contribution in [0.15, 0.2) is 47.7 Å². The second-order valence-corrected chi connectivity index (χ2v) is 4.74. The van der Waals surface area contributed by atoms with Crippen LogP contribution in [0, 0.1) is 0 Å². The van der Waals surface area contributed by atoms with Crippen LogP contribution in [-0.2, 0) is 6.54 Å². The maximum absolute atomic E-state index is 5.79. The Morgan fingerprint density at radius 1 is 1.37 bits per heavy atom. The number of aromatic nitrogens is 2. The van der Waals surface area contributed by atoms with Crippen molar-refractivity contribution < 1.29 is 0 Å². The van der Waals surface area contributed by atoms with Crippen LogP contribution < -0.4 is 11.1 Å². The summed E-state index contributed by atoms with van der Waals surface area (Å²) in [5.74, 6) is 0.540. The highest BCUT2D eigenvalue weighted by Crippen LogP contribution is 2.18. The third-order valence-corrected chi connectivity index (χ3v) is 3.07. The van der Waals surface area contributed by atoms with E-state index in [9.17, 15) is 0 Å². The first-order chi connectivity index (χ1) is 9.31. The van der Waals surface area contributed by atoms with Crippen molar-refractivity contribution in [2.75, 3.05) is 0 Å². The Hall–Kier alpha value is -2.30. The van der Waals surface area contributed by atoms with Gasteiger partial charge in [0.1, 0.15) is 0 Å². The van der Waals surface area contributed by atoms with Gasteiger partial charge in [-0.25, -0.2) is 9.67 Å². The molecule has 0 amide bonds. The predicted molar refractivity (Wildman–Crippen MR) is 75.0 cm³/mol. The number of rotatable bonds is 4. The molecule has 1 fully saturated rings. The number of nitrogens with zero attached hydrogens (tertiary/aromatic N) is 3. The van der Waals surface area contributed by atoms with Crippen molar-refractivity contribution in [1.82, 2.24) is 15.1 Å². The smallest absolute Gasteiger partial charge is 0.189 e. The van der Waals surface area contributed by atoms with Gasteiger partial charge in [0.15, 0.2) is 5.96 Å².